The van der Waals surface area contributed by atoms with Crippen LogP contribution in [0.2, 0.25) is 0 Å². The number of nitrogens with one attached hydrogen (secondary N) is 1. The average molecular weight is 295 g/mol. The molecule has 0 heterocycles. The Kier molecular flexibility index (Phi) is 5.03. The van der Waals surface area contributed by atoms with Crippen LogP contribution >= 0.6 is 0 Å². The van der Waals surface area contributed by atoms with Gasteiger partial charge in [0, 0.05) is 17.6 Å². The van der Waals surface area contributed by atoms with E-state index >= 15 is 0 Å². The van der Waals surface area contributed by atoms with Crippen LogP contribution in [-0.4, -0.2) is 6.04 Å². The normalized spacial score (nSPS) is 24.9. The Morgan fingerprint density at radius 1 is 1.05 bits per heavy atom. The fraction of sp³-hybridized carbons (Fsp3) is 0.667. The predicted octanol–water partition coefficient (Wildman–Crippen LogP) is 5.22. The molecule has 1 saturated carbocycles. The van der Waals surface area contributed by atoms with Gasteiger partial charge >= 0.3 is 0 Å². The minimum Gasteiger partial charge on any atom is -0.307 e. The molecule has 1 aliphatic rings. The van der Waals surface area contributed by atoms with Crippen molar-refractivity contribution in [2.24, 2.45) is 11.3 Å². The molecule has 0 radical (unpaired) electrons. The summed E-state index contributed by atoms with van der Waals surface area (Å²) >= 11 is 0. The summed E-state index contributed by atoms with van der Waals surface area (Å²) in [6, 6.07) is 4.13. The highest BCUT2D eigenvalue weighted by Crippen LogP contribution is 2.38. The maximum atomic E-state index is 13.8. The first-order valence-corrected chi connectivity index (χ1v) is 7.99. The van der Waals surface area contributed by atoms with Gasteiger partial charge in [0.1, 0.15) is 11.6 Å². The van der Waals surface area contributed by atoms with Gasteiger partial charge in [-0.05, 0) is 56.1 Å². The van der Waals surface area contributed by atoms with Gasteiger partial charge < -0.3 is 5.32 Å². The fourth-order valence-corrected chi connectivity index (χ4v) is 3.49. The Balaban J connectivity index is 1.95. The van der Waals surface area contributed by atoms with Gasteiger partial charge in [-0.1, -0.05) is 26.8 Å². The lowest BCUT2D eigenvalue weighted by Gasteiger charge is -2.38. The van der Waals surface area contributed by atoms with Crippen molar-refractivity contribution in [3.05, 3.63) is 35.4 Å². The second-order valence-corrected chi connectivity index (χ2v) is 7.44. The molecule has 0 aromatic heterocycles. The molecule has 1 atom stereocenters. The molecule has 1 N–H and O–H groups in total. The summed E-state index contributed by atoms with van der Waals surface area (Å²) in [6.45, 7) is 8.73. The minimum absolute atomic E-state index is 0.162. The third-order valence-electron chi connectivity index (χ3n) is 4.87. The van der Waals surface area contributed by atoms with Crippen LogP contribution in [-0.2, 0) is 0 Å². The molecule has 2 rings (SSSR count). The molecule has 1 nitrogen and oxygen atoms in total. The molecule has 1 aromatic carbocycles. The van der Waals surface area contributed by atoms with E-state index in [0.717, 1.165) is 18.8 Å². The van der Waals surface area contributed by atoms with Crippen LogP contribution in [0.25, 0.3) is 0 Å². The molecule has 0 bridgehead atoms. The van der Waals surface area contributed by atoms with Crippen molar-refractivity contribution in [3.63, 3.8) is 0 Å². The van der Waals surface area contributed by atoms with E-state index in [1.807, 2.05) is 6.92 Å². The zero-order valence-corrected chi connectivity index (χ0v) is 13.5. The van der Waals surface area contributed by atoms with E-state index in [0.29, 0.717) is 11.5 Å². The van der Waals surface area contributed by atoms with E-state index in [1.165, 1.54) is 31.0 Å². The topological polar surface area (TPSA) is 12.0 Å². The minimum atomic E-state index is -0.460. The van der Waals surface area contributed by atoms with E-state index in [-0.39, 0.29) is 11.6 Å². The lowest BCUT2D eigenvalue weighted by Crippen LogP contribution is -2.37. The summed E-state index contributed by atoms with van der Waals surface area (Å²) in [4.78, 5) is 0. The molecule has 0 spiro atoms. The van der Waals surface area contributed by atoms with Crippen LogP contribution in [0.1, 0.15) is 65.0 Å². The van der Waals surface area contributed by atoms with Gasteiger partial charge in [-0.2, -0.15) is 0 Å². The first kappa shape index (κ1) is 16.4. The molecule has 0 aliphatic heterocycles. The van der Waals surface area contributed by atoms with E-state index in [2.05, 4.69) is 26.1 Å². The molecular weight excluding hydrogens is 268 g/mol. The lowest BCUT2D eigenvalue weighted by molar-refractivity contribution is 0.156. The van der Waals surface area contributed by atoms with Gasteiger partial charge in [-0.3, -0.25) is 0 Å². The van der Waals surface area contributed by atoms with Gasteiger partial charge in [0.05, 0.1) is 0 Å². The van der Waals surface area contributed by atoms with Crippen molar-refractivity contribution >= 4 is 0 Å². The van der Waals surface area contributed by atoms with Crippen molar-refractivity contribution in [1.29, 1.82) is 0 Å². The van der Waals surface area contributed by atoms with Crippen LogP contribution < -0.4 is 5.32 Å². The van der Waals surface area contributed by atoms with Crippen molar-refractivity contribution in [1.82, 2.24) is 5.32 Å². The Hall–Kier alpha value is -0.960. The SMILES string of the molecule is CC(NC1CCC(C(C)(C)C)CC1)c1c(F)cccc1F. The maximum Gasteiger partial charge on any atom is 0.130 e. The van der Waals surface area contributed by atoms with Gasteiger partial charge in [-0.15, -0.1) is 0 Å². The zero-order chi connectivity index (χ0) is 15.6. The third-order valence-corrected chi connectivity index (χ3v) is 4.87. The Morgan fingerprint density at radius 2 is 1.57 bits per heavy atom. The van der Waals surface area contributed by atoms with Crippen molar-refractivity contribution in [3.8, 4) is 0 Å². The summed E-state index contributed by atoms with van der Waals surface area (Å²) in [7, 11) is 0. The summed E-state index contributed by atoms with van der Waals surface area (Å²) in [5.74, 6) is -0.173. The molecule has 1 aliphatic carbocycles. The first-order chi connectivity index (χ1) is 9.79. The highest BCUT2D eigenvalue weighted by atomic mass is 19.1. The van der Waals surface area contributed by atoms with Crippen LogP contribution in [0, 0.1) is 23.0 Å². The molecule has 118 valence electrons. The number of hydrogen-bond donors (Lipinski definition) is 1. The molecule has 1 unspecified atom stereocenters. The number of benzene rings is 1. The van der Waals surface area contributed by atoms with Crippen LogP contribution in [0.4, 0.5) is 8.78 Å². The second-order valence-electron chi connectivity index (χ2n) is 7.44. The van der Waals surface area contributed by atoms with Gasteiger partial charge in [0.25, 0.3) is 0 Å². The van der Waals surface area contributed by atoms with Gasteiger partial charge in [0.2, 0.25) is 0 Å². The fourth-order valence-electron chi connectivity index (χ4n) is 3.49. The highest BCUT2D eigenvalue weighted by Gasteiger charge is 2.30. The lowest BCUT2D eigenvalue weighted by atomic mass is 9.71. The van der Waals surface area contributed by atoms with E-state index < -0.39 is 11.6 Å². The first-order valence-electron chi connectivity index (χ1n) is 7.99. The molecule has 0 amide bonds. The predicted molar refractivity (Wildman–Crippen MR) is 83.1 cm³/mol. The monoisotopic (exact) mass is 295 g/mol. The van der Waals surface area contributed by atoms with Crippen molar-refractivity contribution in [2.75, 3.05) is 0 Å². The van der Waals surface area contributed by atoms with Crippen molar-refractivity contribution in [2.45, 2.75) is 65.5 Å². The standard InChI is InChI=1S/C18H27F2N/c1-12(17-15(19)6-5-7-16(17)20)21-14-10-8-13(9-11-14)18(2,3)4/h5-7,12-14,21H,8-11H2,1-4H3. The molecular formula is C18H27F2N. The van der Waals surface area contributed by atoms with E-state index in [1.54, 1.807) is 0 Å². The Bertz CT molecular complexity index is 450. The second kappa shape index (κ2) is 6.43. The number of halogens is 2. The van der Waals surface area contributed by atoms with Crippen LogP contribution in [0.5, 0.6) is 0 Å². The summed E-state index contributed by atoms with van der Waals surface area (Å²) in [6.07, 6.45) is 4.55. The van der Waals surface area contributed by atoms with Crippen LogP contribution in [0.15, 0.2) is 18.2 Å². The third kappa shape index (κ3) is 4.03. The number of hydrogen-bond acceptors (Lipinski definition) is 1. The quantitative estimate of drug-likeness (QED) is 0.806. The molecule has 0 saturated heterocycles. The number of rotatable bonds is 3. The smallest absolute Gasteiger partial charge is 0.130 e. The molecule has 1 fully saturated rings. The van der Waals surface area contributed by atoms with Gasteiger partial charge in [0.15, 0.2) is 0 Å². The highest BCUT2D eigenvalue weighted by molar-refractivity contribution is 5.22. The maximum absolute atomic E-state index is 13.8. The van der Waals surface area contributed by atoms with Crippen molar-refractivity contribution < 1.29 is 8.78 Å². The Morgan fingerprint density at radius 3 is 2.05 bits per heavy atom. The summed E-state index contributed by atoms with van der Waals surface area (Å²) in [5.41, 5.74) is 0.518. The summed E-state index contributed by atoms with van der Waals surface area (Å²) in [5, 5.41) is 3.41. The Labute approximate surface area is 127 Å². The molecule has 1 aromatic rings. The largest absolute Gasteiger partial charge is 0.307 e. The molecule has 3 heteroatoms. The molecule has 21 heavy (non-hydrogen) atoms. The van der Waals surface area contributed by atoms with E-state index in [9.17, 15) is 8.78 Å². The zero-order valence-electron chi connectivity index (χ0n) is 13.5. The summed E-state index contributed by atoms with van der Waals surface area (Å²) < 4.78 is 27.6. The van der Waals surface area contributed by atoms with E-state index in [4.69, 9.17) is 0 Å². The average Bonchev–Trinajstić information content (AvgIpc) is 2.38. The van der Waals surface area contributed by atoms with Crippen LogP contribution in [0.3, 0.4) is 0 Å². The van der Waals surface area contributed by atoms with Gasteiger partial charge in [-0.25, -0.2) is 8.78 Å².